The van der Waals surface area contributed by atoms with Crippen molar-refractivity contribution in [2.45, 2.75) is 26.1 Å². The molecule has 0 saturated carbocycles. The van der Waals surface area contributed by atoms with E-state index in [0.717, 1.165) is 6.07 Å². The summed E-state index contributed by atoms with van der Waals surface area (Å²) in [6.07, 6.45) is -3.21. The Balaban J connectivity index is 1.83. The highest BCUT2D eigenvalue weighted by Gasteiger charge is 2.34. The number of rotatable bonds is 9. The molecule has 0 amide bonds. The highest BCUT2D eigenvalue weighted by atomic mass is 19.4. The van der Waals surface area contributed by atoms with E-state index in [0.29, 0.717) is 33.8 Å². The van der Waals surface area contributed by atoms with E-state index >= 15 is 0 Å². The summed E-state index contributed by atoms with van der Waals surface area (Å²) in [5.41, 5.74) is 0.949. The zero-order valence-electron chi connectivity index (χ0n) is 20.9. The molecule has 1 aromatic heterocycles. The molecule has 3 N–H and O–H groups in total. The summed E-state index contributed by atoms with van der Waals surface area (Å²) in [6.45, 7) is 2.82. The minimum absolute atomic E-state index is 0.0293. The summed E-state index contributed by atoms with van der Waals surface area (Å²) in [5, 5.41) is 12.3. The predicted molar refractivity (Wildman–Crippen MR) is 135 cm³/mol. The Labute approximate surface area is 216 Å². The second-order valence-corrected chi connectivity index (χ2v) is 8.82. The number of aliphatic hydroxyl groups is 1. The number of halogens is 4. The van der Waals surface area contributed by atoms with Crippen LogP contribution in [-0.4, -0.2) is 36.2 Å². The number of hydrogen-bond acceptors (Lipinski definition) is 5. The molecule has 1 heterocycles. The number of aromatic nitrogens is 1. The number of ketones is 1. The molecule has 4 rings (SSSR count). The lowest BCUT2D eigenvalue weighted by atomic mass is 9.92. The highest BCUT2D eigenvalue weighted by Crippen LogP contribution is 2.37. The number of methoxy groups -OCH3 is 1. The smallest absolute Gasteiger partial charge is 0.416 e. The number of alkyl halides is 3. The van der Waals surface area contributed by atoms with Gasteiger partial charge in [0.1, 0.15) is 30.0 Å². The van der Waals surface area contributed by atoms with Crippen LogP contribution in [0.2, 0.25) is 0 Å². The van der Waals surface area contributed by atoms with Crippen LogP contribution < -0.4 is 14.8 Å². The number of aromatic amines is 1. The first-order valence-corrected chi connectivity index (χ1v) is 11.7. The maximum atomic E-state index is 14.0. The fraction of sp³-hybridized carbons (Fsp3) is 0.250. The third-order valence-corrected chi connectivity index (χ3v) is 6.19. The Morgan fingerprint density at radius 3 is 2.45 bits per heavy atom. The normalized spacial score (nSPS) is 12.4. The maximum Gasteiger partial charge on any atom is 0.416 e. The largest absolute Gasteiger partial charge is 0.497 e. The van der Waals surface area contributed by atoms with Gasteiger partial charge in [0.25, 0.3) is 0 Å². The average Bonchev–Trinajstić information content (AvgIpc) is 3.27. The second-order valence-electron chi connectivity index (χ2n) is 8.82. The minimum Gasteiger partial charge on any atom is -0.497 e. The summed E-state index contributed by atoms with van der Waals surface area (Å²) < 4.78 is 65.6. The Kier molecular flexibility index (Phi) is 7.63. The van der Waals surface area contributed by atoms with Gasteiger partial charge < -0.3 is 24.9 Å². The third-order valence-electron chi connectivity index (χ3n) is 6.19. The number of benzene rings is 3. The van der Waals surface area contributed by atoms with Crippen LogP contribution >= 0.6 is 0 Å². The first-order valence-electron chi connectivity index (χ1n) is 11.7. The van der Waals surface area contributed by atoms with Crippen molar-refractivity contribution in [3.8, 4) is 11.5 Å². The molecule has 6 nitrogen and oxygen atoms in total. The molecule has 38 heavy (non-hydrogen) atoms. The molecule has 1 atom stereocenters. The van der Waals surface area contributed by atoms with Gasteiger partial charge in [0.05, 0.1) is 19.3 Å². The molecule has 0 spiro atoms. The third kappa shape index (κ3) is 5.60. The van der Waals surface area contributed by atoms with Crippen molar-refractivity contribution in [1.82, 2.24) is 4.98 Å². The maximum absolute atomic E-state index is 14.0. The summed E-state index contributed by atoms with van der Waals surface area (Å²) >= 11 is 0. The van der Waals surface area contributed by atoms with Gasteiger partial charge in [0, 0.05) is 46.5 Å². The summed E-state index contributed by atoms with van der Waals surface area (Å²) in [6, 6.07) is 9.99. The van der Waals surface area contributed by atoms with Crippen molar-refractivity contribution < 1.29 is 36.9 Å². The molecule has 1 unspecified atom stereocenters. The molecule has 0 saturated heterocycles. The van der Waals surface area contributed by atoms with Crippen LogP contribution in [0.4, 0.5) is 23.2 Å². The van der Waals surface area contributed by atoms with E-state index in [4.69, 9.17) is 14.6 Å². The molecule has 3 aromatic carbocycles. The van der Waals surface area contributed by atoms with E-state index in [1.165, 1.54) is 44.5 Å². The zero-order chi connectivity index (χ0) is 27.6. The Morgan fingerprint density at radius 2 is 1.79 bits per heavy atom. The van der Waals surface area contributed by atoms with Crippen molar-refractivity contribution >= 4 is 22.4 Å². The molecular weight excluding hydrogens is 504 g/mol. The van der Waals surface area contributed by atoms with Gasteiger partial charge in [-0.3, -0.25) is 4.79 Å². The lowest BCUT2D eigenvalue weighted by Gasteiger charge is -2.22. The molecule has 0 radical (unpaired) electrons. The number of carbonyl (C=O) groups is 1. The number of aryl methyl sites for hydroxylation is 2. The van der Waals surface area contributed by atoms with Crippen LogP contribution in [0.25, 0.3) is 10.9 Å². The topological polar surface area (TPSA) is 83.6 Å². The SMILES string of the molecule is COc1cc(NC(C(=O)c2c[nH]c3cc(C)c(C(F)(F)F)cc23)c2ccc(F)cc2C)cc(OCCO)c1. The molecule has 4 aromatic rings. The number of nitrogens with one attached hydrogen (secondary N) is 2. The number of anilines is 1. The van der Waals surface area contributed by atoms with Gasteiger partial charge in [-0.25, -0.2) is 4.39 Å². The molecule has 0 aliphatic heterocycles. The molecule has 200 valence electrons. The average molecular weight is 531 g/mol. The number of ether oxygens (including phenoxy) is 2. The van der Waals surface area contributed by atoms with Crippen molar-refractivity contribution in [3.05, 3.63) is 88.4 Å². The summed E-state index contributed by atoms with van der Waals surface area (Å²) in [4.78, 5) is 16.9. The van der Waals surface area contributed by atoms with E-state index < -0.39 is 29.4 Å². The second kappa shape index (κ2) is 10.7. The van der Waals surface area contributed by atoms with Crippen LogP contribution in [0, 0.1) is 19.7 Å². The Bertz CT molecular complexity index is 1480. The quantitative estimate of drug-likeness (QED) is 0.173. The van der Waals surface area contributed by atoms with E-state index in [1.54, 1.807) is 25.1 Å². The van der Waals surface area contributed by atoms with E-state index in [1.807, 2.05) is 0 Å². The lowest BCUT2D eigenvalue weighted by molar-refractivity contribution is -0.137. The van der Waals surface area contributed by atoms with E-state index in [2.05, 4.69) is 10.3 Å². The number of hydrogen-bond donors (Lipinski definition) is 3. The number of Topliss-reactive ketones (excluding diaryl/α,β-unsaturated/α-hetero) is 1. The number of fused-ring (bicyclic) bond motifs is 1. The van der Waals surface area contributed by atoms with Crippen molar-refractivity contribution in [2.75, 3.05) is 25.6 Å². The summed E-state index contributed by atoms with van der Waals surface area (Å²) in [5.74, 6) is -0.248. The molecule has 0 aliphatic rings. The van der Waals surface area contributed by atoms with Crippen molar-refractivity contribution in [2.24, 2.45) is 0 Å². The zero-order valence-corrected chi connectivity index (χ0v) is 20.9. The van der Waals surface area contributed by atoms with Crippen LogP contribution in [0.3, 0.4) is 0 Å². The summed E-state index contributed by atoms with van der Waals surface area (Å²) in [7, 11) is 1.45. The van der Waals surface area contributed by atoms with Gasteiger partial charge in [0.15, 0.2) is 5.78 Å². The van der Waals surface area contributed by atoms with E-state index in [9.17, 15) is 22.4 Å². The van der Waals surface area contributed by atoms with Gasteiger partial charge >= 0.3 is 6.18 Å². The van der Waals surface area contributed by atoms with Gasteiger partial charge in [-0.2, -0.15) is 13.2 Å². The number of aliphatic hydroxyl groups excluding tert-OH is 1. The predicted octanol–water partition coefficient (Wildman–Crippen LogP) is 6.36. The molecule has 10 heteroatoms. The van der Waals surface area contributed by atoms with Crippen LogP contribution in [-0.2, 0) is 6.18 Å². The Hall–Kier alpha value is -4.05. The van der Waals surface area contributed by atoms with Gasteiger partial charge in [-0.05, 0) is 54.8 Å². The lowest BCUT2D eigenvalue weighted by Crippen LogP contribution is -2.22. The number of H-pyrrole nitrogens is 1. The molecule has 0 fully saturated rings. The van der Waals surface area contributed by atoms with Gasteiger partial charge in [-0.15, -0.1) is 0 Å². The van der Waals surface area contributed by atoms with Gasteiger partial charge in [-0.1, -0.05) is 6.07 Å². The standard InChI is InChI=1S/C28H26F4N2O4/c1-15-8-17(29)4-5-21(15)26(34-18-10-19(37-3)12-20(11-18)38-7-6-35)27(36)23-14-33-25-9-16(2)24(13-22(23)25)28(30,31)32/h4-5,8-14,26,33-35H,6-7H2,1-3H3. The van der Waals surface area contributed by atoms with Crippen LogP contribution in [0.15, 0.2) is 54.7 Å². The highest BCUT2D eigenvalue weighted by molar-refractivity contribution is 6.11. The monoisotopic (exact) mass is 530 g/mol. The molecule has 0 aliphatic carbocycles. The van der Waals surface area contributed by atoms with Crippen LogP contribution in [0.5, 0.6) is 11.5 Å². The fourth-order valence-corrected chi connectivity index (χ4v) is 4.38. The van der Waals surface area contributed by atoms with Crippen LogP contribution in [0.1, 0.15) is 38.7 Å². The van der Waals surface area contributed by atoms with Crippen molar-refractivity contribution in [3.63, 3.8) is 0 Å². The Morgan fingerprint density at radius 1 is 1.05 bits per heavy atom. The molecular formula is C28H26F4N2O4. The first-order chi connectivity index (χ1) is 18.0. The first kappa shape index (κ1) is 27.0. The number of carbonyl (C=O) groups excluding carboxylic acids is 1. The van der Waals surface area contributed by atoms with E-state index in [-0.39, 0.29) is 29.7 Å². The fourth-order valence-electron chi connectivity index (χ4n) is 4.38. The van der Waals surface area contributed by atoms with Gasteiger partial charge in [0.2, 0.25) is 0 Å². The minimum atomic E-state index is -4.59. The molecule has 0 bridgehead atoms. The van der Waals surface area contributed by atoms with Crippen molar-refractivity contribution in [1.29, 1.82) is 0 Å².